The van der Waals surface area contributed by atoms with Gasteiger partial charge in [0.1, 0.15) is 0 Å². The van der Waals surface area contributed by atoms with Gasteiger partial charge in [0.2, 0.25) is 12.7 Å². The molecule has 0 atom stereocenters. The Morgan fingerprint density at radius 2 is 1.66 bits per heavy atom. The van der Waals surface area contributed by atoms with Gasteiger partial charge in [-0.1, -0.05) is 42.5 Å². The molecule has 32 heavy (non-hydrogen) atoms. The lowest BCUT2D eigenvalue weighted by atomic mass is 10.0. The lowest BCUT2D eigenvalue weighted by Crippen LogP contribution is -2.50. The Morgan fingerprint density at radius 3 is 2.53 bits per heavy atom. The molecule has 0 radical (unpaired) electrons. The summed E-state index contributed by atoms with van der Waals surface area (Å²) >= 11 is 0. The van der Waals surface area contributed by atoms with E-state index in [4.69, 9.17) is 9.47 Å². The van der Waals surface area contributed by atoms with Crippen molar-refractivity contribution in [3.05, 3.63) is 71.8 Å². The van der Waals surface area contributed by atoms with E-state index in [0.717, 1.165) is 19.6 Å². The number of piperazine rings is 1. The summed E-state index contributed by atoms with van der Waals surface area (Å²) in [5.41, 5.74) is 1.75. The SMILES string of the molecule is O=C(NCC(=O)N1CCN(Cc2cccc3ccccc23)CC1)c1ccc2c(c1)OCO2. The van der Waals surface area contributed by atoms with E-state index in [9.17, 15) is 9.59 Å². The summed E-state index contributed by atoms with van der Waals surface area (Å²) < 4.78 is 10.6. The zero-order chi connectivity index (χ0) is 21.9. The summed E-state index contributed by atoms with van der Waals surface area (Å²) in [4.78, 5) is 29.2. The van der Waals surface area contributed by atoms with Gasteiger partial charge in [0.25, 0.3) is 5.91 Å². The summed E-state index contributed by atoms with van der Waals surface area (Å²) in [6, 6.07) is 19.8. The number of fused-ring (bicyclic) bond motifs is 2. The Bertz CT molecular complexity index is 1150. The molecule has 2 aliphatic heterocycles. The van der Waals surface area contributed by atoms with E-state index in [1.807, 2.05) is 4.90 Å². The van der Waals surface area contributed by atoms with E-state index in [1.165, 1.54) is 16.3 Å². The van der Waals surface area contributed by atoms with E-state index in [1.54, 1.807) is 18.2 Å². The molecular weight excluding hydrogens is 406 g/mol. The van der Waals surface area contributed by atoms with Crippen LogP contribution >= 0.6 is 0 Å². The topological polar surface area (TPSA) is 71.1 Å². The molecule has 3 aromatic rings. The highest BCUT2D eigenvalue weighted by Gasteiger charge is 2.22. The van der Waals surface area contributed by atoms with Crippen molar-refractivity contribution < 1.29 is 19.1 Å². The first-order valence-electron chi connectivity index (χ1n) is 10.8. The fourth-order valence-corrected chi connectivity index (χ4v) is 4.23. The van der Waals surface area contributed by atoms with E-state index in [-0.39, 0.29) is 25.2 Å². The highest BCUT2D eigenvalue weighted by atomic mass is 16.7. The number of hydrogen-bond acceptors (Lipinski definition) is 5. The summed E-state index contributed by atoms with van der Waals surface area (Å²) in [5.74, 6) is 0.806. The van der Waals surface area contributed by atoms with Crippen molar-refractivity contribution in [2.45, 2.75) is 6.54 Å². The van der Waals surface area contributed by atoms with Gasteiger partial charge in [-0.15, -0.1) is 0 Å². The molecule has 3 aromatic carbocycles. The second-order valence-electron chi connectivity index (χ2n) is 8.05. The van der Waals surface area contributed by atoms with Crippen LogP contribution in [0.15, 0.2) is 60.7 Å². The van der Waals surface area contributed by atoms with Gasteiger partial charge in [0, 0.05) is 38.3 Å². The van der Waals surface area contributed by atoms with Gasteiger partial charge < -0.3 is 19.7 Å². The molecule has 1 fully saturated rings. The second-order valence-corrected chi connectivity index (χ2v) is 8.05. The molecule has 0 saturated carbocycles. The van der Waals surface area contributed by atoms with Crippen molar-refractivity contribution >= 4 is 22.6 Å². The molecular formula is C25H25N3O4. The molecule has 0 aromatic heterocycles. The first kappa shape index (κ1) is 20.3. The maximum atomic E-state index is 12.6. The minimum Gasteiger partial charge on any atom is -0.454 e. The van der Waals surface area contributed by atoms with Crippen molar-refractivity contribution in [1.29, 1.82) is 0 Å². The maximum Gasteiger partial charge on any atom is 0.251 e. The molecule has 7 nitrogen and oxygen atoms in total. The van der Waals surface area contributed by atoms with Crippen LogP contribution in [0.3, 0.4) is 0 Å². The molecule has 2 heterocycles. The van der Waals surface area contributed by atoms with Crippen LogP contribution in [0.2, 0.25) is 0 Å². The Labute approximate surface area is 186 Å². The highest BCUT2D eigenvalue weighted by Crippen LogP contribution is 2.32. The van der Waals surface area contributed by atoms with Gasteiger partial charge in [-0.3, -0.25) is 14.5 Å². The molecule has 0 bridgehead atoms. The van der Waals surface area contributed by atoms with Crippen molar-refractivity contribution in [2.24, 2.45) is 0 Å². The minimum absolute atomic E-state index is 0.0173. The maximum absolute atomic E-state index is 12.6. The van der Waals surface area contributed by atoms with E-state index in [0.29, 0.717) is 30.2 Å². The van der Waals surface area contributed by atoms with Gasteiger partial charge >= 0.3 is 0 Å². The van der Waals surface area contributed by atoms with Gasteiger partial charge in [-0.25, -0.2) is 0 Å². The average Bonchev–Trinajstić information content (AvgIpc) is 3.31. The Kier molecular flexibility index (Phi) is 5.64. The molecule has 1 saturated heterocycles. The number of carbonyl (C=O) groups is 2. The van der Waals surface area contributed by atoms with Crippen molar-refractivity contribution in [3.8, 4) is 11.5 Å². The van der Waals surface area contributed by atoms with Gasteiger partial charge in [-0.05, 0) is 34.5 Å². The van der Waals surface area contributed by atoms with E-state index < -0.39 is 0 Å². The van der Waals surface area contributed by atoms with Gasteiger partial charge in [0.05, 0.1) is 6.54 Å². The van der Waals surface area contributed by atoms with Crippen LogP contribution in [-0.4, -0.2) is 61.1 Å². The van der Waals surface area contributed by atoms with Crippen LogP contribution in [0.1, 0.15) is 15.9 Å². The van der Waals surface area contributed by atoms with Gasteiger partial charge in [0.15, 0.2) is 11.5 Å². The molecule has 164 valence electrons. The summed E-state index contributed by atoms with van der Waals surface area (Å²) in [5, 5.41) is 5.24. The zero-order valence-corrected chi connectivity index (χ0v) is 17.8. The van der Waals surface area contributed by atoms with Crippen LogP contribution in [0.4, 0.5) is 0 Å². The highest BCUT2D eigenvalue weighted by molar-refractivity contribution is 5.97. The standard InChI is InChI=1S/C25H25N3O4/c29-24(15-26-25(30)19-8-9-22-23(14-19)32-17-31-22)28-12-10-27(11-13-28)16-20-6-3-5-18-4-1-2-7-21(18)20/h1-9,14H,10-13,15-17H2,(H,26,30). The molecule has 7 heteroatoms. The predicted molar refractivity (Wildman–Crippen MR) is 121 cm³/mol. The minimum atomic E-state index is -0.300. The number of rotatable bonds is 5. The quantitative estimate of drug-likeness (QED) is 0.673. The van der Waals surface area contributed by atoms with Crippen molar-refractivity contribution in [3.63, 3.8) is 0 Å². The average molecular weight is 431 g/mol. The van der Waals surface area contributed by atoms with Crippen LogP contribution < -0.4 is 14.8 Å². The van der Waals surface area contributed by atoms with Crippen molar-refractivity contribution in [1.82, 2.24) is 15.1 Å². The largest absolute Gasteiger partial charge is 0.454 e. The molecule has 5 rings (SSSR count). The van der Waals surface area contributed by atoms with Crippen LogP contribution in [-0.2, 0) is 11.3 Å². The van der Waals surface area contributed by atoms with E-state index in [2.05, 4.69) is 52.7 Å². The zero-order valence-electron chi connectivity index (χ0n) is 17.8. The third kappa shape index (κ3) is 4.24. The van der Waals surface area contributed by atoms with Crippen LogP contribution in [0.25, 0.3) is 10.8 Å². The number of nitrogens with one attached hydrogen (secondary N) is 1. The molecule has 0 spiro atoms. The number of hydrogen-bond donors (Lipinski definition) is 1. The number of amides is 2. The van der Waals surface area contributed by atoms with Crippen LogP contribution in [0.5, 0.6) is 11.5 Å². The molecule has 2 amide bonds. The Morgan fingerprint density at radius 1 is 0.875 bits per heavy atom. The molecule has 1 N–H and O–H groups in total. The lowest BCUT2D eigenvalue weighted by molar-refractivity contribution is -0.131. The number of benzene rings is 3. The number of carbonyl (C=O) groups excluding carboxylic acids is 2. The summed E-state index contributed by atoms with van der Waals surface area (Å²) in [7, 11) is 0. The van der Waals surface area contributed by atoms with Gasteiger partial charge in [-0.2, -0.15) is 0 Å². The van der Waals surface area contributed by atoms with Crippen molar-refractivity contribution in [2.75, 3.05) is 39.5 Å². The molecule has 2 aliphatic rings. The summed E-state index contributed by atoms with van der Waals surface area (Å²) in [6.07, 6.45) is 0. The Balaban J connectivity index is 1.12. The van der Waals surface area contributed by atoms with E-state index >= 15 is 0 Å². The second kappa shape index (κ2) is 8.88. The summed E-state index contributed by atoms with van der Waals surface area (Å²) in [6.45, 7) is 3.94. The smallest absolute Gasteiger partial charge is 0.251 e. The normalized spacial score (nSPS) is 15.7. The fourth-order valence-electron chi connectivity index (χ4n) is 4.23. The third-order valence-corrected chi connectivity index (χ3v) is 6.03. The first-order valence-corrected chi connectivity index (χ1v) is 10.8. The fraction of sp³-hybridized carbons (Fsp3) is 0.280. The monoisotopic (exact) mass is 431 g/mol. The Hall–Kier alpha value is -3.58. The third-order valence-electron chi connectivity index (χ3n) is 6.03. The number of nitrogens with zero attached hydrogens (tertiary/aromatic N) is 2. The van der Waals surface area contributed by atoms with Crippen LogP contribution in [0, 0.1) is 0 Å². The first-order chi connectivity index (χ1) is 15.7. The predicted octanol–water partition coefficient (Wildman–Crippen LogP) is 2.64. The lowest BCUT2D eigenvalue weighted by Gasteiger charge is -2.35. The molecule has 0 unspecified atom stereocenters. The number of ether oxygens (including phenoxy) is 2. The molecule has 0 aliphatic carbocycles.